The molecule has 5 nitrogen and oxygen atoms in total. The van der Waals surface area contributed by atoms with Crippen LogP contribution in [0.4, 0.5) is 15.9 Å². The van der Waals surface area contributed by atoms with Crippen molar-refractivity contribution in [3.63, 3.8) is 0 Å². The highest BCUT2D eigenvalue weighted by Crippen LogP contribution is 2.24. The van der Waals surface area contributed by atoms with Crippen molar-refractivity contribution in [2.24, 2.45) is 0 Å². The number of carbonyl (C=O) groups is 1. The quantitative estimate of drug-likeness (QED) is 0.737. The average molecular weight is 427 g/mol. The Morgan fingerprint density at radius 1 is 1.14 bits per heavy atom. The Morgan fingerprint density at radius 2 is 1.82 bits per heavy atom. The summed E-state index contributed by atoms with van der Waals surface area (Å²) in [6, 6.07) is 8.48. The smallest absolute Gasteiger partial charge is 0.251 e. The number of halogens is 3. The third-order valence-corrected chi connectivity index (χ3v) is 5.15. The topological polar surface area (TPSA) is 57.3 Å². The van der Waals surface area contributed by atoms with Crippen LogP contribution in [0.3, 0.4) is 0 Å². The van der Waals surface area contributed by atoms with E-state index in [1.54, 1.807) is 6.20 Å². The van der Waals surface area contributed by atoms with E-state index in [1.165, 1.54) is 18.2 Å². The first-order valence-corrected chi connectivity index (χ1v) is 9.46. The van der Waals surface area contributed by atoms with Crippen LogP contribution in [-0.2, 0) is 0 Å². The van der Waals surface area contributed by atoms with Crippen molar-refractivity contribution < 1.29 is 9.18 Å². The molecule has 1 amide bonds. The molecule has 0 unspecified atom stereocenters. The summed E-state index contributed by atoms with van der Waals surface area (Å²) in [5, 5.41) is 6.47. The van der Waals surface area contributed by atoms with Gasteiger partial charge in [0.25, 0.3) is 5.91 Å². The van der Waals surface area contributed by atoms with Crippen LogP contribution in [0, 0.1) is 5.82 Å². The van der Waals surface area contributed by atoms with Crippen molar-refractivity contribution in [2.75, 3.05) is 24.3 Å². The molecule has 1 heterocycles. The standard InChI is InChI=1S/C20H24ClFN4O.ClH/c1-26(2)16-9-10-23-19(12-16)24-14-4-6-15(7-5-14)25-20(27)13-3-8-18(22)17(21)11-13;/h3,8-12,14-15H,4-7H2,1-2H3,(H,23,24)(H,25,27);1H/t14-,15+;. The maximum Gasteiger partial charge on any atom is 0.251 e. The van der Waals surface area contributed by atoms with Crippen LogP contribution in [0.2, 0.25) is 5.02 Å². The van der Waals surface area contributed by atoms with E-state index in [0.717, 1.165) is 37.2 Å². The minimum absolute atomic E-state index is 0. The Labute approximate surface area is 176 Å². The predicted octanol–water partition coefficient (Wildman–Crippen LogP) is 4.52. The second-order valence-corrected chi connectivity index (χ2v) is 7.50. The SMILES string of the molecule is CN(C)c1ccnc(N[C@H]2CC[C@@H](NC(=O)c3ccc(F)c(Cl)c3)CC2)c1.Cl. The van der Waals surface area contributed by atoms with Gasteiger partial charge >= 0.3 is 0 Å². The zero-order chi connectivity index (χ0) is 19.4. The summed E-state index contributed by atoms with van der Waals surface area (Å²) in [6.07, 6.45) is 5.46. The summed E-state index contributed by atoms with van der Waals surface area (Å²) in [4.78, 5) is 18.8. The van der Waals surface area contributed by atoms with Gasteiger partial charge in [-0.2, -0.15) is 0 Å². The van der Waals surface area contributed by atoms with Gasteiger partial charge in [-0.15, -0.1) is 12.4 Å². The van der Waals surface area contributed by atoms with E-state index in [4.69, 9.17) is 11.6 Å². The number of carbonyl (C=O) groups excluding carboxylic acids is 1. The lowest BCUT2D eigenvalue weighted by Crippen LogP contribution is -2.40. The first-order valence-electron chi connectivity index (χ1n) is 9.08. The van der Waals surface area contributed by atoms with E-state index in [9.17, 15) is 9.18 Å². The minimum atomic E-state index is -0.522. The van der Waals surface area contributed by atoms with Gasteiger partial charge in [0.15, 0.2) is 0 Å². The number of nitrogens with one attached hydrogen (secondary N) is 2. The Hall–Kier alpha value is -2.05. The highest BCUT2D eigenvalue weighted by atomic mass is 35.5. The van der Waals surface area contributed by atoms with Crippen LogP contribution in [0.1, 0.15) is 36.0 Å². The van der Waals surface area contributed by atoms with Crippen molar-refractivity contribution in [1.29, 1.82) is 0 Å². The van der Waals surface area contributed by atoms with E-state index < -0.39 is 5.82 Å². The van der Waals surface area contributed by atoms with Crippen LogP contribution in [-0.4, -0.2) is 37.1 Å². The Morgan fingerprint density at radius 3 is 2.46 bits per heavy atom. The average Bonchev–Trinajstić information content (AvgIpc) is 2.65. The molecular formula is C20H25Cl2FN4O. The van der Waals surface area contributed by atoms with Crippen LogP contribution < -0.4 is 15.5 Å². The van der Waals surface area contributed by atoms with Crippen molar-refractivity contribution in [1.82, 2.24) is 10.3 Å². The number of hydrogen-bond acceptors (Lipinski definition) is 4. The highest BCUT2D eigenvalue weighted by Gasteiger charge is 2.23. The number of anilines is 2. The van der Waals surface area contributed by atoms with Crippen molar-refractivity contribution in [2.45, 2.75) is 37.8 Å². The lowest BCUT2D eigenvalue weighted by molar-refractivity contribution is 0.0926. The summed E-state index contributed by atoms with van der Waals surface area (Å²) in [6.45, 7) is 0. The van der Waals surface area contributed by atoms with Crippen molar-refractivity contribution in [3.05, 3.63) is 52.9 Å². The van der Waals surface area contributed by atoms with Gasteiger partial charge in [0.1, 0.15) is 11.6 Å². The number of aromatic nitrogens is 1. The van der Waals surface area contributed by atoms with Gasteiger partial charge in [-0.05, 0) is 49.9 Å². The minimum Gasteiger partial charge on any atom is -0.378 e. The number of amides is 1. The molecule has 0 aliphatic heterocycles. The van der Waals surface area contributed by atoms with Crippen LogP contribution in [0.15, 0.2) is 36.5 Å². The third-order valence-electron chi connectivity index (χ3n) is 4.86. The normalized spacial score (nSPS) is 18.7. The molecule has 1 saturated carbocycles. The summed E-state index contributed by atoms with van der Waals surface area (Å²) < 4.78 is 13.2. The highest BCUT2D eigenvalue weighted by molar-refractivity contribution is 6.31. The number of pyridine rings is 1. The van der Waals surface area contributed by atoms with Crippen LogP contribution in [0.5, 0.6) is 0 Å². The van der Waals surface area contributed by atoms with Crippen molar-refractivity contribution >= 4 is 41.4 Å². The zero-order valence-corrected chi connectivity index (χ0v) is 17.5. The molecule has 152 valence electrons. The Kier molecular flexibility index (Phi) is 7.89. The molecule has 0 saturated heterocycles. The molecule has 3 rings (SSSR count). The van der Waals surface area contributed by atoms with E-state index in [2.05, 4.69) is 15.6 Å². The Bertz CT molecular complexity index is 811. The molecule has 1 fully saturated rings. The maximum atomic E-state index is 13.2. The summed E-state index contributed by atoms with van der Waals surface area (Å²) in [7, 11) is 4.00. The van der Waals surface area contributed by atoms with Crippen LogP contribution in [0.25, 0.3) is 0 Å². The molecule has 0 bridgehead atoms. The molecule has 2 N–H and O–H groups in total. The van der Waals surface area contributed by atoms with Gasteiger partial charge in [0.2, 0.25) is 0 Å². The summed E-state index contributed by atoms with van der Waals surface area (Å²) in [5.74, 6) is 0.134. The molecule has 0 radical (unpaired) electrons. The largest absolute Gasteiger partial charge is 0.378 e. The lowest BCUT2D eigenvalue weighted by atomic mass is 9.91. The fourth-order valence-corrected chi connectivity index (χ4v) is 3.45. The molecule has 1 aromatic carbocycles. The van der Waals surface area contributed by atoms with Crippen LogP contribution >= 0.6 is 24.0 Å². The second-order valence-electron chi connectivity index (χ2n) is 7.09. The molecule has 1 aliphatic rings. The van der Waals surface area contributed by atoms with E-state index in [0.29, 0.717) is 11.6 Å². The first-order chi connectivity index (χ1) is 12.9. The Balaban J connectivity index is 0.00000280. The number of benzene rings is 1. The van der Waals surface area contributed by atoms with Gasteiger partial charge in [-0.3, -0.25) is 4.79 Å². The van der Waals surface area contributed by atoms with Gasteiger partial charge in [-0.25, -0.2) is 9.37 Å². The molecule has 28 heavy (non-hydrogen) atoms. The molecule has 0 spiro atoms. The number of hydrogen-bond donors (Lipinski definition) is 2. The molecule has 1 aromatic heterocycles. The lowest BCUT2D eigenvalue weighted by Gasteiger charge is -2.30. The second kappa shape index (κ2) is 9.94. The monoisotopic (exact) mass is 426 g/mol. The molecule has 0 atom stereocenters. The fourth-order valence-electron chi connectivity index (χ4n) is 3.27. The first kappa shape index (κ1) is 22.2. The maximum absolute atomic E-state index is 13.2. The van der Waals surface area contributed by atoms with E-state index in [1.807, 2.05) is 31.1 Å². The summed E-state index contributed by atoms with van der Waals surface area (Å²) >= 11 is 5.76. The molecule has 1 aliphatic carbocycles. The number of rotatable bonds is 5. The third kappa shape index (κ3) is 5.72. The molecular weight excluding hydrogens is 402 g/mol. The van der Waals surface area contributed by atoms with Gasteiger partial charge < -0.3 is 15.5 Å². The zero-order valence-electron chi connectivity index (χ0n) is 15.9. The van der Waals surface area contributed by atoms with E-state index in [-0.39, 0.29) is 29.4 Å². The summed E-state index contributed by atoms with van der Waals surface area (Å²) in [5.41, 5.74) is 1.48. The predicted molar refractivity (Wildman–Crippen MR) is 114 cm³/mol. The molecule has 2 aromatic rings. The van der Waals surface area contributed by atoms with Gasteiger partial charge in [-0.1, -0.05) is 11.6 Å². The number of nitrogens with zero attached hydrogens (tertiary/aromatic N) is 2. The van der Waals surface area contributed by atoms with Crippen molar-refractivity contribution in [3.8, 4) is 0 Å². The molecule has 8 heteroatoms. The fraction of sp³-hybridized carbons (Fsp3) is 0.400. The van der Waals surface area contributed by atoms with E-state index >= 15 is 0 Å². The van der Waals surface area contributed by atoms with Gasteiger partial charge in [0.05, 0.1) is 5.02 Å². The van der Waals surface area contributed by atoms with Gasteiger partial charge in [0, 0.05) is 49.7 Å².